The first-order valence-electron chi connectivity index (χ1n) is 8.04. The Morgan fingerprint density at radius 3 is 2.50 bits per heavy atom. The van der Waals surface area contributed by atoms with Crippen LogP contribution in [-0.2, 0) is 9.59 Å². The van der Waals surface area contributed by atoms with Crippen LogP contribution in [0.25, 0.3) is 0 Å². The molecule has 2 rings (SSSR count). The molecule has 0 aliphatic carbocycles. The second kappa shape index (κ2) is 8.70. The van der Waals surface area contributed by atoms with Crippen molar-refractivity contribution in [3.05, 3.63) is 0 Å². The van der Waals surface area contributed by atoms with Crippen molar-refractivity contribution in [1.82, 2.24) is 9.80 Å². The summed E-state index contributed by atoms with van der Waals surface area (Å²) in [5.74, 6) is 0.164. The molecule has 7 heteroatoms. The van der Waals surface area contributed by atoms with E-state index in [-0.39, 0.29) is 30.1 Å². The summed E-state index contributed by atoms with van der Waals surface area (Å²) < 4.78 is 0. The van der Waals surface area contributed by atoms with Gasteiger partial charge in [-0.25, -0.2) is 0 Å². The van der Waals surface area contributed by atoms with Gasteiger partial charge in [0.1, 0.15) is 0 Å². The predicted molar refractivity (Wildman–Crippen MR) is 88.6 cm³/mol. The van der Waals surface area contributed by atoms with Gasteiger partial charge in [0.15, 0.2) is 0 Å². The SMILES string of the molecule is CC1CCCN(CC(=O)N2CCCC(C(N)=O)C2)C1CN.Cl. The molecule has 6 nitrogen and oxygen atoms in total. The molecule has 0 bridgehead atoms. The van der Waals surface area contributed by atoms with Crippen LogP contribution in [0.1, 0.15) is 32.6 Å². The number of nitrogens with zero attached hydrogens (tertiary/aromatic N) is 2. The molecule has 0 aromatic rings. The summed E-state index contributed by atoms with van der Waals surface area (Å²) in [6.07, 6.45) is 3.95. The van der Waals surface area contributed by atoms with Crippen molar-refractivity contribution in [2.45, 2.75) is 38.6 Å². The molecule has 22 heavy (non-hydrogen) atoms. The minimum atomic E-state index is -0.293. The number of likely N-dealkylation sites (tertiary alicyclic amines) is 2. The zero-order chi connectivity index (χ0) is 15.4. The molecule has 2 heterocycles. The molecule has 0 spiro atoms. The van der Waals surface area contributed by atoms with Gasteiger partial charge in [-0.05, 0) is 38.1 Å². The topological polar surface area (TPSA) is 92.7 Å². The molecule has 2 fully saturated rings. The average molecular weight is 333 g/mol. The minimum absolute atomic E-state index is 0. The van der Waals surface area contributed by atoms with Crippen LogP contribution in [0.3, 0.4) is 0 Å². The smallest absolute Gasteiger partial charge is 0.236 e. The average Bonchev–Trinajstić information content (AvgIpc) is 2.47. The summed E-state index contributed by atoms with van der Waals surface area (Å²) in [5, 5.41) is 0. The lowest BCUT2D eigenvalue weighted by Gasteiger charge is -2.40. The molecule has 2 aliphatic heterocycles. The number of nitrogens with two attached hydrogens (primary N) is 2. The molecule has 0 radical (unpaired) electrons. The van der Waals surface area contributed by atoms with Gasteiger partial charge in [0.2, 0.25) is 11.8 Å². The maximum Gasteiger partial charge on any atom is 0.236 e. The van der Waals surface area contributed by atoms with Gasteiger partial charge < -0.3 is 16.4 Å². The fraction of sp³-hybridized carbons (Fsp3) is 0.867. The third kappa shape index (κ3) is 4.57. The second-order valence-corrected chi connectivity index (χ2v) is 6.47. The van der Waals surface area contributed by atoms with Crippen LogP contribution in [0.2, 0.25) is 0 Å². The highest BCUT2D eigenvalue weighted by Crippen LogP contribution is 2.23. The molecule has 4 N–H and O–H groups in total. The Morgan fingerprint density at radius 2 is 1.86 bits per heavy atom. The van der Waals surface area contributed by atoms with Crippen molar-refractivity contribution < 1.29 is 9.59 Å². The second-order valence-electron chi connectivity index (χ2n) is 6.47. The zero-order valence-corrected chi connectivity index (χ0v) is 14.2. The van der Waals surface area contributed by atoms with Crippen molar-refractivity contribution in [3.8, 4) is 0 Å². The molecular weight excluding hydrogens is 304 g/mol. The molecule has 0 aromatic heterocycles. The predicted octanol–water partition coefficient (Wildman–Crippen LogP) is 0.191. The van der Waals surface area contributed by atoms with Gasteiger partial charge in [-0.2, -0.15) is 0 Å². The van der Waals surface area contributed by atoms with Crippen molar-refractivity contribution in [1.29, 1.82) is 0 Å². The summed E-state index contributed by atoms with van der Waals surface area (Å²) in [4.78, 5) is 27.8. The Balaban J connectivity index is 0.00000242. The number of rotatable bonds is 4. The molecule has 2 amide bonds. The fourth-order valence-electron chi connectivity index (χ4n) is 3.62. The third-order valence-electron chi connectivity index (χ3n) is 4.99. The van der Waals surface area contributed by atoms with E-state index >= 15 is 0 Å². The first-order valence-corrected chi connectivity index (χ1v) is 8.04. The van der Waals surface area contributed by atoms with Crippen LogP contribution >= 0.6 is 12.4 Å². The van der Waals surface area contributed by atoms with E-state index in [1.54, 1.807) is 4.90 Å². The lowest BCUT2D eigenvalue weighted by Crippen LogP contribution is -2.54. The van der Waals surface area contributed by atoms with E-state index in [1.165, 1.54) is 6.42 Å². The Morgan fingerprint density at radius 1 is 1.18 bits per heavy atom. The molecule has 128 valence electrons. The van der Waals surface area contributed by atoms with Gasteiger partial charge in [0.05, 0.1) is 12.5 Å². The monoisotopic (exact) mass is 332 g/mol. The van der Waals surface area contributed by atoms with Gasteiger partial charge >= 0.3 is 0 Å². The van der Waals surface area contributed by atoms with Gasteiger partial charge in [0, 0.05) is 25.7 Å². The Hall–Kier alpha value is -0.850. The van der Waals surface area contributed by atoms with E-state index in [4.69, 9.17) is 11.5 Å². The molecular formula is C15H29ClN4O2. The van der Waals surface area contributed by atoms with Crippen LogP contribution in [0.15, 0.2) is 0 Å². The fourth-order valence-corrected chi connectivity index (χ4v) is 3.62. The van der Waals surface area contributed by atoms with Gasteiger partial charge in [-0.15, -0.1) is 12.4 Å². The van der Waals surface area contributed by atoms with Gasteiger partial charge in [-0.1, -0.05) is 6.92 Å². The standard InChI is InChI=1S/C15H28N4O2.ClH/c1-11-4-2-6-18(13(11)8-16)10-14(20)19-7-3-5-12(9-19)15(17)21;/h11-13H,2-10,16H2,1H3,(H2,17,21);1H. The maximum absolute atomic E-state index is 12.5. The van der Waals surface area contributed by atoms with Crippen molar-refractivity contribution in [2.75, 3.05) is 32.7 Å². The number of carbonyl (C=O) groups is 2. The number of hydrogen-bond donors (Lipinski definition) is 2. The van der Waals surface area contributed by atoms with E-state index in [0.29, 0.717) is 31.6 Å². The molecule has 0 saturated carbocycles. The minimum Gasteiger partial charge on any atom is -0.369 e. The Bertz CT molecular complexity index is 394. The van der Waals surface area contributed by atoms with E-state index in [9.17, 15) is 9.59 Å². The summed E-state index contributed by atoms with van der Waals surface area (Å²) in [7, 11) is 0. The van der Waals surface area contributed by atoms with Crippen LogP contribution in [-0.4, -0.2) is 60.4 Å². The number of carbonyl (C=O) groups excluding carboxylic acids is 2. The summed E-state index contributed by atoms with van der Waals surface area (Å²) in [5.41, 5.74) is 11.2. The van der Waals surface area contributed by atoms with Crippen LogP contribution in [0.4, 0.5) is 0 Å². The molecule has 0 aromatic carbocycles. The maximum atomic E-state index is 12.5. The normalized spacial score (nSPS) is 29.7. The highest BCUT2D eigenvalue weighted by molar-refractivity contribution is 5.85. The molecule has 3 unspecified atom stereocenters. The van der Waals surface area contributed by atoms with E-state index in [2.05, 4.69) is 11.8 Å². The Kier molecular flexibility index (Phi) is 7.59. The first-order chi connectivity index (χ1) is 10.0. The van der Waals surface area contributed by atoms with Crippen molar-refractivity contribution >= 4 is 24.2 Å². The molecule has 3 atom stereocenters. The number of hydrogen-bond acceptors (Lipinski definition) is 4. The quantitative estimate of drug-likeness (QED) is 0.768. The first kappa shape index (κ1) is 19.2. The number of primary amides is 1. The van der Waals surface area contributed by atoms with Crippen LogP contribution in [0, 0.1) is 11.8 Å². The van der Waals surface area contributed by atoms with E-state index in [0.717, 1.165) is 32.4 Å². The summed E-state index contributed by atoms with van der Waals surface area (Å²) >= 11 is 0. The number of amides is 2. The number of piperidine rings is 2. The van der Waals surface area contributed by atoms with Crippen molar-refractivity contribution in [3.63, 3.8) is 0 Å². The van der Waals surface area contributed by atoms with Crippen LogP contribution in [0.5, 0.6) is 0 Å². The van der Waals surface area contributed by atoms with E-state index in [1.807, 2.05) is 0 Å². The van der Waals surface area contributed by atoms with Crippen molar-refractivity contribution in [2.24, 2.45) is 23.3 Å². The molecule has 2 saturated heterocycles. The van der Waals surface area contributed by atoms with Gasteiger partial charge in [0.25, 0.3) is 0 Å². The lowest BCUT2D eigenvalue weighted by atomic mass is 9.90. The Labute approximate surface area is 139 Å². The number of halogens is 1. The summed E-state index contributed by atoms with van der Waals surface area (Å²) in [6, 6.07) is 0.291. The highest BCUT2D eigenvalue weighted by Gasteiger charge is 2.32. The van der Waals surface area contributed by atoms with Gasteiger partial charge in [-0.3, -0.25) is 14.5 Å². The highest BCUT2D eigenvalue weighted by atomic mass is 35.5. The zero-order valence-electron chi connectivity index (χ0n) is 13.4. The lowest BCUT2D eigenvalue weighted by molar-refractivity contribution is -0.137. The van der Waals surface area contributed by atoms with E-state index < -0.39 is 0 Å². The molecule has 2 aliphatic rings. The third-order valence-corrected chi connectivity index (χ3v) is 4.99. The summed E-state index contributed by atoms with van der Waals surface area (Å²) in [6.45, 7) is 5.36. The van der Waals surface area contributed by atoms with Crippen LogP contribution < -0.4 is 11.5 Å². The largest absolute Gasteiger partial charge is 0.369 e.